The summed E-state index contributed by atoms with van der Waals surface area (Å²) in [7, 11) is 0. The molecule has 3 atom stereocenters. The highest BCUT2D eigenvalue weighted by molar-refractivity contribution is 6.35. The van der Waals surface area contributed by atoms with Gasteiger partial charge in [0.2, 0.25) is 0 Å². The number of nitriles is 1. The van der Waals surface area contributed by atoms with Gasteiger partial charge in [0.05, 0.1) is 11.6 Å². The lowest BCUT2D eigenvalue weighted by Gasteiger charge is -2.39. The number of anilines is 1. The number of carbonyl (C=O) groups excluding carboxylic acids is 1. The van der Waals surface area contributed by atoms with Gasteiger partial charge in [-0.05, 0) is 92.4 Å². The zero-order valence-corrected chi connectivity index (χ0v) is 20.1. The van der Waals surface area contributed by atoms with E-state index in [2.05, 4.69) is 28.4 Å². The van der Waals surface area contributed by atoms with Crippen molar-refractivity contribution in [3.8, 4) is 6.07 Å². The van der Waals surface area contributed by atoms with Gasteiger partial charge in [0.15, 0.2) is 0 Å². The average molecular weight is 483 g/mol. The molecule has 5 nitrogen and oxygen atoms in total. The molecule has 0 radical (unpaired) electrons. The van der Waals surface area contributed by atoms with Gasteiger partial charge < -0.3 is 15.1 Å². The number of nitrogens with one attached hydrogen (secondary N) is 1. The van der Waals surface area contributed by atoms with Crippen LogP contribution >= 0.6 is 23.2 Å². The molecular weight excluding hydrogens is 455 g/mol. The van der Waals surface area contributed by atoms with E-state index >= 15 is 0 Å². The number of amides is 2. The Morgan fingerprint density at radius 3 is 2.67 bits per heavy atom. The average Bonchev–Trinajstić information content (AvgIpc) is 3.50. The number of nitrogens with zero attached hydrogens (tertiary/aromatic N) is 3. The van der Waals surface area contributed by atoms with Crippen LogP contribution in [0.2, 0.25) is 10.0 Å². The van der Waals surface area contributed by atoms with E-state index in [1.165, 1.54) is 12.0 Å². The summed E-state index contributed by atoms with van der Waals surface area (Å²) >= 11 is 12.3. The highest BCUT2D eigenvalue weighted by Gasteiger charge is 2.58. The zero-order valence-electron chi connectivity index (χ0n) is 18.6. The quantitative estimate of drug-likeness (QED) is 0.555. The molecule has 2 amide bonds. The van der Waals surface area contributed by atoms with Gasteiger partial charge in [-0.25, -0.2) is 4.79 Å². The maximum absolute atomic E-state index is 13.4. The molecule has 1 aliphatic heterocycles. The Morgan fingerprint density at radius 1 is 1.21 bits per heavy atom. The van der Waals surface area contributed by atoms with E-state index in [0.717, 1.165) is 50.9 Å². The number of likely N-dealkylation sites (tertiary alicyclic amines) is 1. The SMILES string of the molecule is N#Cc1cccc([C@]23CC[C@@H](N(CCN4CCC4)C(=O)Nc4cc(Cl)cc(Cl)c4)CC2C3)c1. The van der Waals surface area contributed by atoms with E-state index in [0.29, 0.717) is 28.2 Å². The van der Waals surface area contributed by atoms with E-state index < -0.39 is 0 Å². The molecule has 7 heteroatoms. The van der Waals surface area contributed by atoms with Crippen LogP contribution in [0, 0.1) is 17.2 Å². The smallest absolute Gasteiger partial charge is 0.320 e. The Bertz CT molecular complexity index is 1080. The first kappa shape index (κ1) is 22.5. The molecule has 2 aromatic rings. The molecule has 5 rings (SSSR count). The van der Waals surface area contributed by atoms with Gasteiger partial charge in [0, 0.05) is 34.9 Å². The Morgan fingerprint density at radius 2 is 2.00 bits per heavy atom. The number of fused-ring (bicyclic) bond motifs is 1. The normalized spacial score (nSPS) is 26.0. The van der Waals surface area contributed by atoms with E-state index in [1.54, 1.807) is 18.2 Å². The fourth-order valence-electron chi connectivity index (χ4n) is 5.67. The molecule has 2 aromatic carbocycles. The molecule has 0 spiro atoms. The molecule has 172 valence electrons. The van der Waals surface area contributed by atoms with Crippen LogP contribution in [0.25, 0.3) is 0 Å². The van der Waals surface area contributed by atoms with Crippen LogP contribution in [0.1, 0.15) is 43.2 Å². The second-order valence-electron chi connectivity index (χ2n) is 9.65. The van der Waals surface area contributed by atoms with Crippen LogP contribution in [-0.4, -0.2) is 48.1 Å². The number of rotatable bonds is 6. The third kappa shape index (κ3) is 4.71. The molecular formula is C26H28Cl2N4O. The van der Waals surface area contributed by atoms with E-state index in [4.69, 9.17) is 23.2 Å². The van der Waals surface area contributed by atoms with Crippen LogP contribution in [0.4, 0.5) is 10.5 Å². The molecule has 1 unspecified atom stereocenters. The Balaban J connectivity index is 1.30. The number of carbonyl (C=O) groups is 1. The van der Waals surface area contributed by atoms with Crippen LogP contribution in [0.5, 0.6) is 0 Å². The topological polar surface area (TPSA) is 59.4 Å². The first-order valence-electron chi connectivity index (χ1n) is 11.7. The van der Waals surface area contributed by atoms with Gasteiger partial charge in [-0.15, -0.1) is 0 Å². The maximum atomic E-state index is 13.4. The minimum atomic E-state index is -0.0847. The number of hydrogen-bond acceptors (Lipinski definition) is 3. The van der Waals surface area contributed by atoms with Crippen molar-refractivity contribution >= 4 is 34.9 Å². The number of halogens is 2. The molecule has 0 bridgehead atoms. The number of urea groups is 1. The second-order valence-corrected chi connectivity index (χ2v) is 10.5. The predicted octanol–water partition coefficient (Wildman–Crippen LogP) is 5.92. The zero-order chi connectivity index (χ0) is 23.0. The van der Waals surface area contributed by atoms with Gasteiger partial charge in [-0.1, -0.05) is 35.3 Å². The van der Waals surface area contributed by atoms with E-state index in [9.17, 15) is 10.1 Å². The highest BCUT2D eigenvalue weighted by atomic mass is 35.5. The number of benzene rings is 2. The first-order valence-corrected chi connectivity index (χ1v) is 12.5. The summed E-state index contributed by atoms with van der Waals surface area (Å²) in [4.78, 5) is 17.8. The summed E-state index contributed by atoms with van der Waals surface area (Å²) in [6.45, 7) is 3.85. The molecule has 0 aromatic heterocycles. The van der Waals surface area contributed by atoms with Crippen molar-refractivity contribution < 1.29 is 4.79 Å². The summed E-state index contributed by atoms with van der Waals surface area (Å²) in [6.07, 6.45) is 5.40. The molecule has 1 heterocycles. The molecule has 2 aliphatic carbocycles. The lowest BCUT2D eigenvalue weighted by atomic mass is 9.80. The Kier molecular flexibility index (Phi) is 6.26. The molecule has 2 saturated carbocycles. The molecule has 1 saturated heterocycles. The summed E-state index contributed by atoms with van der Waals surface area (Å²) in [5.74, 6) is 0.560. The van der Waals surface area contributed by atoms with Crippen molar-refractivity contribution in [2.24, 2.45) is 5.92 Å². The minimum Gasteiger partial charge on any atom is -0.320 e. The van der Waals surface area contributed by atoms with Crippen LogP contribution in [0.3, 0.4) is 0 Å². The second kappa shape index (κ2) is 9.18. The summed E-state index contributed by atoms with van der Waals surface area (Å²) in [5.41, 5.74) is 2.82. The largest absolute Gasteiger partial charge is 0.322 e. The first-order chi connectivity index (χ1) is 16.0. The van der Waals surface area contributed by atoms with Crippen molar-refractivity contribution in [2.45, 2.75) is 43.6 Å². The monoisotopic (exact) mass is 482 g/mol. The molecule has 3 fully saturated rings. The van der Waals surface area contributed by atoms with Crippen LogP contribution < -0.4 is 5.32 Å². The lowest BCUT2D eigenvalue weighted by molar-refractivity contribution is 0.123. The van der Waals surface area contributed by atoms with Crippen molar-refractivity contribution in [2.75, 3.05) is 31.5 Å². The van der Waals surface area contributed by atoms with Crippen molar-refractivity contribution in [1.82, 2.24) is 9.80 Å². The third-order valence-corrected chi connectivity index (χ3v) is 8.14. The standard InChI is InChI=1S/C26H28Cl2N4O/c27-21-13-22(28)15-23(14-21)30-25(33)32(10-9-31-7-2-8-31)24-5-6-26(16-20(26)12-24)19-4-1-3-18(11-19)17-29/h1,3-4,11,13-15,20,24H,2,5-10,12,16H2,(H,30,33)/t20?,24-,26-/m1/s1. The van der Waals surface area contributed by atoms with E-state index in [-0.39, 0.29) is 17.5 Å². The van der Waals surface area contributed by atoms with Crippen molar-refractivity contribution in [3.63, 3.8) is 0 Å². The summed E-state index contributed by atoms with van der Waals surface area (Å²) in [5, 5.41) is 13.3. The van der Waals surface area contributed by atoms with Gasteiger partial charge >= 0.3 is 6.03 Å². The van der Waals surface area contributed by atoms with Crippen LogP contribution in [0.15, 0.2) is 42.5 Å². The fraction of sp³-hybridized carbons (Fsp3) is 0.462. The fourth-order valence-corrected chi connectivity index (χ4v) is 6.20. The highest BCUT2D eigenvalue weighted by Crippen LogP contribution is 2.62. The van der Waals surface area contributed by atoms with E-state index in [1.807, 2.05) is 17.0 Å². The molecule has 3 aliphatic rings. The van der Waals surface area contributed by atoms with Gasteiger partial charge in [-0.3, -0.25) is 0 Å². The Hall–Kier alpha value is -2.26. The maximum Gasteiger partial charge on any atom is 0.322 e. The molecule has 1 N–H and O–H groups in total. The van der Waals surface area contributed by atoms with Crippen LogP contribution in [-0.2, 0) is 5.41 Å². The van der Waals surface area contributed by atoms with Gasteiger partial charge in [0.25, 0.3) is 0 Å². The van der Waals surface area contributed by atoms with Crippen molar-refractivity contribution in [3.05, 3.63) is 63.6 Å². The summed E-state index contributed by atoms with van der Waals surface area (Å²) in [6, 6.07) is 15.6. The Labute approximate surface area is 205 Å². The van der Waals surface area contributed by atoms with Gasteiger partial charge in [0.1, 0.15) is 0 Å². The lowest BCUT2D eigenvalue weighted by Crippen LogP contribution is -2.50. The predicted molar refractivity (Wildman–Crippen MR) is 132 cm³/mol. The summed E-state index contributed by atoms with van der Waals surface area (Å²) < 4.78 is 0. The van der Waals surface area contributed by atoms with Gasteiger partial charge in [-0.2, -0.15) is 5.26 Å². The number of hydrogen-bond donors (Lipinski definition) is 1. The van der Waals surface area contributed by atoms with Crippen molar-refractivity contribution in [1.29, 1.82) is 5.26 Å². The molecule has 33 heavy (non-hydrogen) atoms. The third-order valence-electron chi connectivity index (χ3n) is 7.70. The minimum absolute atomic E-state index is 0.0847.